The number of amides is 1. The fourth-order valence-electron chi connectivity index (χ4n) is 6.92. The fourth-order valence-corrected chi connectivity index (χ4v) is 6.92. The normalized spacial score (nSPS) is 20.2. The van der Waals surface area contributed by atoms with Crippen molar-refractivity contribution in [3.63, 3.8) is 0 Å². The zero-order valence-electron chi connectivity index (χ0n) is 22.3. The van der Waals surface area contributed by atoms with Gasteiger partial charge in [-0.15, -0.1) is 0 Å². The summed E-state index contributed by atoms with van der Waals surface area (Å²) in [4.78, 5) is 35.4. The van der Waals surface area contributed by atoms with Crippen LogP contribution < -0.4 is 10.8 Å². The molecule has 2 aromatic heterocycles. The third-order valence-corrected chi connectivity index (χ3v) is 8.98. The molecule has 10 heteroatoms. The first kappa shape index (κ1) is 25.9. The molecule has 1 N–H and O–H groups in total. The van der Waals surface area contributed by atoms with Crippen molar-refractivity contribution in [2.24, 2.45) is 5.92 Å². The number of hydrogen-bond donors (Lipinski definition) is 1. The number of hydrogen-bond acceptors (Lipinski definition) is 4. The maximum absolute atomic E-state index is 14.2. The van der Waals surface area contributed by atoms with Crippen molar-refractivity contribution in [1.82, 2.24) is 23.9 Å². The third-order valence-electron chi connectivity index (χ3n) is 8.98. The average molecular weight is 534 g/mol. The Labute approximate surface area is 227 Å². The Hall–Kier alpha value is -3.40. The summed E-state index contributed by atoms with van der Waals surface area (Å²) in [5, 5.41) is 2.09. The average Bonchev–Trinajstić information content (AvgIpc) is 3.58. The van der Waals surface area contributed by atoms with Crippen molar-refractivity contribution in [2.45, 2.75) is 70.0 Å². The van der Waals surface area contributed by atoms with E-state index in [1.807, 2.05) is 26.2 Å². The van der Waals surface area contributed by atoms with Crippen molar-refractivity contribution in [1.29, 1.82) is 0 Å². The van der Waals surface area contributed by atoms with Gasteiger partial charge in [-0.3, -0.25) is 18.8 Å². The van der Waals surface area contributed by atoms with E-state index in [0.717, 1.165) is 82.1 Å². The smallest absolute Gasteiger partial charge is 0.329 e. The predicted octanol–water partition coefficient (Wildman–Crippen LogP) is 3.26. The van der Waals surface area contributed by atoms with E-state index in [-0.39, 0.29) is 35.4 Å². The molecule has 3 aliphatic rings. The summed E-state index contributed by atoms with van der Waals surface area (Å²) >= 11 is 0. The number of carbonyl (C=O) groups excluding carboxylic acids is 1. The highest BCUT2D eigenvalue weighted by molar-refractivity contribution is 5.79. The summed E-state index contributed by atoms with van der Waals surface area (Å²) in [5.41, 5.74) is 11.6. The van der Waals surface area contributed by atoms with Gasteiger partial charge in [0.1, 0.15) is 12.0 Å². The fraction of sp³-hybridized carbons (Fsp3) is 0.552. The van der Waals surface area contributed by atoms with Crippen LogP contribution in [-0.2, 0) is 11.3 Å². The lowest BCUT2D eigenvalue weighted by atomic mass is 9.93. The number of fused-ring (bicyclic) bond motifs is 1. The Balaban J connectivity index is 1.08. The van der Waals surface area contributed by atoms with Gasteiger partial charge >= 0.3 is 11.5 Å². The van der Waals surface area contributed by atoms with Gasteiger partial charge in [0.25, 0.3) is 0 Å². The lowest BCUT2D eigenvalue weighted by molar-refractivity contribution is -0.384. The highest BCUT2D eigenvalue weighted by atomic mass is 19.1. The second-order valence-corrected chi connectivity index (χ2v) is 11.4. The molecule has 0 bridgehead atoms. The van der Waals surface area contributed by atoms with Gasteiger partial charge in [-0.25, -0.2) is 9.18 Å². The largest absolute Gasteiger partial charge is 0.614 e. The van der Waals surface area contributed by atoms with Crippen LogP contribution >= 0.6 is 0 Å². The summed E-state index contributed by atoms with van der Waals surface area (Å²) < 4.78 is 17.9. The van der Waals surface area contributed by atoms with Gasteiger partial charge < -0.3 is 15.5 Å². The monoisotopic (exact) mass is 533 g/mol. The van der Waals surface area contributed by atoms with E-state index in [2.05, 4.69) is 15.0 Å². The van der Waals surface area contributed by atoms with Gasteiger partial charge in [0.15, 0.2) is 0 Å². The number of likely N-dealkylation sites (tertiary alicyclic amines) is 2. The van der Waals surface area contributed by atoms with Crippen LogP contribution in [0.4, 0.5) is 10.2 Å². The van der Waals surface area contributed by atoms with Gasteiger partial charge in [0.2, 0.25) is 5.91 Å². The number of aromatic nitrogens is 3. The number of imidazole rings is 1. The minimum absolute atomic E-state index is 0.0117. The molecule has 3 fully saturated rings. The van der Waals surface area contributed by atoms with E-state index < -0.39 is 0 Å². The molecule has 1 aliphatic carbocycles. The molecule has 2 aliphatic heterocycles. The molecule has 2 saturated heterocycles. The second kappa shape index (κ2) is 11.0. The molecular formula is C29H36FN7O2. The van der Waals surface area contributed by atoms with E-state index in [1.54, 1.807) is 12.3 Å². The molecule has 6 rings (SSSR count). The van der Waals surface area contributed by atoms with Crippen LogP contribution in [-0.4, -0.2) is 56.0 Å². The van der Waals surface area contributed by atoms with Crippen LogP contribution in [0.5, 0.6) is 0 Å². The van der Waals surface area contributed by atoms with Gasteiger partial charge in [-0.1, -0.05) is 17.8 Å². The number of rotatable bonds is 6. The van der Waals surface area contributed by atoms with Crippen LogP contribution in [0.2, 0.25) is 0 Å². The molecule has 1 aromatic carbocycles. The highest BCUT2D eigenvalue weighted by Gasteiger charge is 2.33. The van der Waals surface area contributed by atoms with Gasteiger partial charge in [-0.05, 0) is 81.4 Å². The Bertz CT molecular complexity index is 1410. The van der Waals surface area contributed by atoms with Gasteiger partial charge in [0, 0.05) is 43.7 Å². The molecule has 39 heavy (non-hydrogen) atoms. The maximum atomic E-state index is 14.2. The van der Waals surface area contributed by atoms with E-state index >= 15 is 0 Å². The first-order valence-electron chi connectivity index (χ1n) is 14.3. The van der Waals surface area contributed by atoms with E-state index in [9.17, 15) is 14.0 Å². The Morgan fingerprint density at radius 2 is 1.62 bits per heavy atom. The number of carbonyl (C=O) groups is 1. The van der Waals surface area contributed by atoms with E-state index in [1.165, 1.54) is 12.1 Å². The number of benzene rings is 1. The Morgan fingerprint density at radius 3 is 2.33 bits per heavy atom. The minimum Gasteiger partial charge on any atom is -0.614 e. The molecule has 206 valence electrons. The molecule has 3 aromatic rings. The zero-order valence-corrected chi connectivity index (χ0v) is 22.3. The standard InChI is InChI=1S/C29H36FN7O2/c30-22-5-6-25-26(18-22)37(23-3-1-2-4-23)29(39)36(25)24-10-15-35(16-11-24)28(38)21-8-13-34(14-9-21)19-20-7-12-32-27(17-20)33-31/h5-7,12,17-18,21,23-24,33H,1-4,8-11,13-16,19H2. The van der Waals surface area contributed by atoms with Crippen LogP contribution in [0, 0.1) is 11.7 Å². The molecule has 0 radical (unpaired) electrons. The first-order chi connectivity index (χ1) is 19.0. The summed E-state index contributed by atoms with van der Waals surface area (Å²) in [6.07, 6.45) is 8.92. The summed E-state index contributed by atoms with van der Waals surface area (Å²) in [6.45, 7) is 3.74. The van der Waals surface area contributed by atoms with Crippen LogP contribution in [0.3, 0.4) is 0 Å². The summed E-state index contributed by atoms with van der Waals surface area (Å²) in [6, 6.07) is 8.62. The van der Waals surface area contributed by atoms with Crippen molar-refractivity contribution in [2.75, 3.05) is 26.2 Å². The molecule has 0 atom stereocenters. The Kier molecular flexibility index (Phi) is 7.29. The predicted molar refractivity (Wildman–Crippen MR) is 145 cm³/mol. The van der Waals surface area contributed by atoms with E-state index in [4.69, 9.17) is 5.53 Å². The number of halogens is 1. The first-order valence-corrected chi connectivity index (χ1v) is 14.3. The lowest BCUT2D eigenvalue weighted by Crippen LogP contribution is -2.55. The van der Waals surface area contributed by atoms with Crippen LogP contribution in [0.25, 0.3) is 16.6 Å². The lowest BCUT2D eigenvalue weighted by Gasteiger charge is -2.37. The van der Waals surface area contributed by atoms with Gasteiger partial charge in [0.05, 0.1) is 11.0 Å². The van der Waals surface area contributed by atoms with Gasteiger partial charge in [-0.2, -0.15) is 0 Å². The molecule has 9 nitrogen and oxygen atoms in total. The van der Waals surface area contributed by atoms with Crippen molar-refractivity contribution >= 4 is 22.8 Å². The number of nitrogens with zero attached hydrogens (tertiary/aromatic N) is 6. The summed E-state index contributed by atoms with van der Waals surface area (Å²) in [5.74, 6) is 0.371. The van der Waals surface area contributed by atoms with E-state index in [0.29, 0.717) is 24.4 Å². The van der Waals surface area contributed by atoms with Crippen molar-refractivity contribution in [3.8, 4) is 0 Å². The number of piperidine rings is 2. The van der Waals surface area contributed by atoms with Crippen LogP contribution in [0.15, 0.2) is 41.3 Å². The Morgan fingerprint density at radius 1 is 0.923 bits per heavy atom. The zero-order chi connectivity index (χ0) is 26.9. The molecule has 1 amide bonds. The number of pyridine rings is 1. The quantitative estimate of drug-likeness (QED) is 0.492. The molecular weight excluding hydrogens is 497 g/mol. The number of nitrogens with one attached hydrogen (secondary N) is 1. The second-order valence-electron chi connectivity index (χ2n) is 11.4. The van der Waals surface area contributed by atoms with Crippen molar-refractivity contribution < 1.29 is 14.3 Å². The maximum Gasteiger partial charge on any atom is 0.329 e. The highest BCUT2D eigenvalue weighted by Crippen LogP contribution is 2.34. The molecule has 1 saturated carbocycles. The minimum atomic E-state index is -0.314. The summed E-state index contributed by atoms with van der Waals surface area (Å²) in [7, 11) is 0. The van der Waals surface area contributed by atoms with Crippen LogP contribution in [0.1, 0.15) is 69.0 Å². The molecule has 4 heterocycles. The topological polar surface area (TPSA) is 99.6 Å². The third kappa shape index (κ3) is 5.14. The molecule has 0 unspecified atom stereocenters. The van der Waals surface area contributed by atoms with Crippen molar-refractivity contribution in [3.05, 3.63) is 63.9 Å². The SMILES string of the molecule is [N-]=[NH+]c1cc(CN2CCC(C(=O)N3CCC(n4c(=O)n(C5CCCC5)c5cc(F)ccc54)CC3)CC2)ccn1. The molecule has 0 spiro atoms.